The summed E-state index contributed by atoms with van der Waals surface area (Å²) in [7, 11) is 4.02. The van der Waals surface area contributed by atoms with Crippen LogP contribution in [-0.2, 0) is 4.79 Å². The van der Waals surface area contributed by atoms with Gasteiger partial charge in [-0.2, -0.15) is 0 Å². The zero-order valence-corrected chi connectivity index (χ0v) is 20.3. The molecule has 2 heterocycles. The number of thiazole rings is 1. The first kappa shape index (κ1) is 22.4. The summed E-state index contributed by atoms with van der Waals surface area (Å²) in [5.74, 6) is 1.78. The van der Waals surface area contributed by atoms with Crippen LogP contribution in [0.5, 0.6) is 17.2 Å². The first-order chi connectivity index (χ1) is 16.5. The lowest BCUT2D eigenvalue weighted by Gasteiger charge is -2.31. The molecule has 0 radical (unpaired) electrons. The number of fused-ring (bicyclic) bond motifs is 3. The number of para-hydroxylation sites is 2. The summed E-state index contributed by atoms with van der Waals surface area (Å²) in [5, 5.41) is 0.692. The van der Waals surface area contributed by atoms with E-state index < -0.39 is 5.92 Å². The summed E-state index contributed by atoms with van der Waals surface area (Å²) >= 11 is 1.52. The van der Waals surface area contributed by atoms with Crippen molar-refractivity contribution in [3.05, 3.63) is 77.9 Å². The van der Waals surface area contributed by atoms with E-state index in [1.165, 1.54) is 11.3 Å². The number of hydrogen-bond acceptors (Lipinski definition) is 6. The van der Waals surface area contributed by atoms with Crippen LogP contribution >= 0.6 is 11.3 Å². The summed E-state index contributed by atoms with van der Waals surface area (Å²) in [5.41, 5.74) is 2.61. The van der Waals surface area contributed by atoms with Crippen LogP contribution in [-0.4, -0.2) is 49.6 Å². The quantitative estimate of drug-likeness (QED) is 0.353. The summed E-state index contributed by atoms with van der Waals surface area (Å²) in [6.07, 6.45) is 0. The Hall–Kier alpha value is -3.42. The van der Waals surface area contributed by atoms with Crippen molar-refractivity contribution in [2.45, 2.75) is 12.8 Å². The van der Waals surface area contributed by atoms with E-state index in [2.05, 4.69) is 4.90 Å². The molecule has 34 heavy (non-hydrogen) atoms. The van der Waals surface area contributed by atoms with Gasteiger partial charge in [0.2, 0.25) is 5.91 Å². The number of nitrogens with zero attached hydrogens (tertiary/aromatic N) is 3. The lowest BCUT2D eigenvalue weighted by atomic mass is 9.87. The predicted molar refractivity (Wildman–Crippen MR) is 136 cm³/mol. The fourth-order valence-electron chi connectivity index (χ4n) is 4.20. The Morgan fingerprint density at radius 3 is 2.32 bits per heavy atom. The Balaban J connectivity index is 1.58. The van der Waals surface area contributed by atoms with Gasteiger partial charge in [-0.05, 0) is 51.4 Å². The van der Waals surface area contributed by atoms with Gasteiger partial charge in [0.15, 0.2) is 5.13 Å². The van der Waals surface area contributed by atoms with Crippen LogP contribution in [0.1, 0.15) is 24.0 Å². The number of benzene rings is 3. The first-order valence-corrected chi connectivity index (χ1v) is 12.2. The van der Waals surface area contributed by atoms with Gasteiger partial charge in [0.1, 0.15) is 17.2 Å². The normalized spacial score (nSPS) is 12.8. The van der Waals surface area contributed by atoms with Crippen molar-refractivity contribution in [1.82, 2.24) is 9.88 Å². The van der Waals surface area contributed by atoms with Crippen LogP contribution in [0.25, 0.3) is 10.2 Å². The molecule has 0 aliphatic carbocycles. The van der Waals surface area contributed by atoms with Crippen LogP contribution in [0.3, 0.4) is 0 Å². The number of carbonyl (C=O) groups excluding carboxylic acids is 1. The van der Waals surface area contributed by atoms with Crippen LogP contribution in [0, 0.1) is 0 Å². The third kappa shape index (κ3) is 4.24. The topological polar surface area (TPSA) is 54.9 Å². The second-order valence-corrected chi connectivity index (χ2v) is 9.47. The second kappa shape index (κ2) is 9.44. The smallest absolute Gasteiger partial charge is 0.241 e. The van der Waals surface area contributed by atoms with E-state index in [1.54, 1.807) is 0 Å². The van der Waals surface area contributed by atoms with E-state index in [4.69, 9.17) is 14.5 Å². The molecule has 5 rings (SSSR count). The molecule has 3 aromatic carbocycles. The fraction of sp³-hybridized carbons (Fsp3) is 0.259. The molecular formula is C27H27N3O3S. The second-order valence-electron chi connectivity index (χ2n) is 8.46. The van der Waals surface area contributed by atoms with E-state index in [0.29, 0.717) is 18.3 Å². The molecule has 0 saturated heterocycles. The lowest BCUT2D eigenvalue weighted by molar-refractivity contribution is -0.119. The Bertz CT molecular complexity index is 1290. The zero-order valence-electron chi connectivity index (χ0n) is 19.5. The molecule has 0 saturated carbocycles. The summed E-state index contributed by atoms with van der Waals surface area (Å²) < 4.78 is 12.8. The van der Waals surface area contributed by atoms with Crippen LogP contribution in [0.15, 0.2) is 66.7 Å². The highest BCUT2D eigenvalue weighted by Gasteiger charge is 2.36. The lowest BCUT2D eigenvalue weighted by Crippen LogP contribution is -2.40. The number of aromatic nitrogens is 1. The van der Waals surface area contributed by atoms with Crippen molar-refractivity contribution in [2.75, 3.05) is 38.7 Å². The zero-order chi connectivity index (χ0) is 23.7. The van der Waals surface area contributed by atoms with Crippen LogP contribution in [0.4, 0.5) is 5.13 Å². The van der Waals surface area contributed by atoms with Crippen LogP contribution in [0.2, 0.25) is 0 Å². The maximum Gasteiger partial charge on any atom is 0.241 e. The van der Waals surface area contributed by atoms with E-state index >= 15 is 0 Å². The third-order valence-corrected chi connectivity index (χ3v) is 6.90. The Kier molecular flexibility index (Phi) is 6.22. The molecule has 7 heteroatoms. The molecule has 1 aliphatic rings. The molecule has 0 atom stereocenters. The third-order valence-electron chi connectivity index (χ3n) is 5.85. The van der Waals surface area contributed by atoms with E-state index in [0.717, 1.165) is 45.1 Å². The SMILES string of the molecule is CCOc1ccc2nc(N(CCN(C)C)C(=O)C3c4ccccc4Oc4ccccc43)sc2c1. The molecule has 6 nitrogen and oxygen atoms in total. The maximum absolute atomic E-state index is 14.3. The van der Waals surface area contributed by atoms with Gasteiger partial charge in [0.05, 0.1) is 22.7 Å². The fourth-order valence-corrected chi connectivity index (χ4v) is 5.22. The molecule has 0 spiro atoms. The highest BCUT2D eigenvalue weighted by Crippen LogP contribution is 2.45. The molecule has 174 valence electrons. The molecule has 4 aromatic rings. The summed E-state index contributed by atoms with van der Waals surface area (Å²) in [6.45, 7) is 3.82. The molecule has 1 amide bonds. The van der Waals surface area contributed by atoms with Crippen molar-refractivity contribution >= 4 is 32.6 Å². The molecular weight excluding hydrogens is 446 g/mol. The predicted octanol–water partition coefficient (Wildman–Crippen LogP) is 5.53. The molecule has 1 aromatic heterocycles. The highest BCUT2D eigenvalue weighted by molar-refractivity contribution is 7.22. The Labute approximate surface area is 203 Å². The standard InChI is InChI=1S/C27H27N3O3S/c1-4-32-18-13-14-21-24(17-18)34-27(28-21)30(16-15-29(2)3)26(31)25-19-9-5-7-11-22(19)33-23-12-8-6-10-20(23)25/h5-14,17,25H,4,15-16H2,1-3H3. The Morgan fingerprint density at radius 2 is 1.68 bits per heavy atom. The van der Waals surface area contributed by atoms with Crippen LogP contribution < -0.4 is 14.4 Å². The van der Waals surface area contributed by atoms with Crippen molar-refractivity contribution in [3.8, 4) is 17.2 Å². The maximum atomic E-state index is 14.3. The number of ether oxygens (including phenoxy) is 2. The highest BCUT2D eigenvalue weighted by atomic mass is 32.1. The van der Waals surface area contributed by atoms with Gasteiger partial charge < -0.3 is 14.4 Å². The van der Waals surface area contributed by atoms with E-state index in [-0.39, 0.29) is 5.91 Å². The first-order valence-electron chi connectivity index (χ1n) is 11.4. The monoisotopic (exact) mass is 473 g/mol. The summed E-state index contributed by atoms with van der Waals surface area (Å²) in [4.78, 5) is 23.0. The minimum atomic E-state index is -0.464. The number of hydrogen-bond donors (Lipinski definition) is 0. The van der Waals surface area contributed by atoms with Gasteiger partial charge in [-0.25, -0.2) is 4.98 Å². The van der Waals surface area contributed by atoms with E-state index in [9.17, 15) is 4.79 Å². The molecule has 0 bridgehead atoms. The molecule has 0 N–H and O–H groups in total. The van der Waals surface area contributed by atoms with Gasteiger partial charge in [0.25, 0.3) is 0 Å². The molecule has 1 aliphatic heterocycles. The van der Waals surface area contributed by atoms with Crippen molar-refractivity contribution in [1.29, 1.82) is 0 Å². The van der Waals surface area contributed by atoms with Gasteiger partial charge in [-0.15, -0.1) is 0 Å². The summed E-state index contributed by atoms with van der Waals surface area (Å²) in [6, 6.07) is 21.4. The Morgan fingerprint density at radius 1 is 1.00 bits per heavy atom. The number of amides is 1. The number of likely N-dealkylation sites (N-methyl/N-ethyl adjacent to an activating group) is 1. The largest absolute Gasteiger partial charge is 0.494 e. The minimum Gasteiger partial charge on any atom is -0.494 e. The minimum absolute atomic E-state index is 0.00543. The number of anilines is 1. The van der Waals surface area contributed by atoms with Gasteiger partial charge in [-0.3, -0.25) is 9.69 Å². The van der Waals surface area contributed by atoms with E-state index in [1.807, 2.05) is 92.6 Å². The molecule has 0 unspecified atom stereocenters. The average molecular weight is 474 g/mol. The number of carbonyl (C=O) groups is 1. The number of rotatable bonds is 7. The average Bonchev–Trinajstić information content (AvgIpc) is 3.25. The van der Waals surface area contributed by atoms with Gasteiger partial charge in [0, 0.05) is 24.2 Å². The van der Waals surface area contributed by atoms with Gasteiger partial charge >= 0.3 is 0 Å². The van der Waals surface area contributed by atoms with Crippen molar-refractivity contribution < 1.29 is 14.3 Å². The van der Waals surface area contributed by atoms with Crippen molar-refractivity contribution in [2.24, 2.45) is 0 Å². The van der Waals surface area contributed by atoms with Crippen molar-refractivity contribution in [3.63, 3.8) is 0 Å². The molecule has 0 fully saturated rings. The van der Waals surface area contributed by atoms with Gasteiger partial charge in [-0.1, -0.05) is 47.7 Å².